The van der Waals surface area contributed by atoms with Crippen LogP contribution in [0.5, 0.6) is 0 Å². The van der Waals surface area contributed by atoms with Crippen LogP contribution in [0.2, 0.25) is 0 Å². The predicted molar refractivity (Wildman–Crippen MR) is 77.4 cm³/mol. The van der Waals surface area contributed by atoms with Gasteiger partial charge < -0.3 is 5.11 Å². The molecule has 0 radical (unpaired) electrons. The van der Waals surface area contributed by atoms with E-state index in [1.165, 1.54) is 11.8 Å². The average molecular weight is 274 g/mol. The topological polar surface area (TPSA) is 46.0 Å². The van der Waals surface area contributed by atoms with Crippen molar-refractivity contribution in [3.8, 4) is 0 Å². The van der Waals surface area contributed by atoms with Gasteiger partial charge in [0.05, 0.1) is 6.10 Å². The zero-order valence-electron chi connectivity index (χ0n) is 11.6. The zero-order chi connectivity index (χ0) is 14.0. The van der Waals surface area contributed by atoms with Crippen molar-refractivity contribution in [2.45, 2.75) is 43.9 Å². The van der Waals surface area contributed by atoms with Crippen molar-refractivity contribution in [2.75, 3.05) is 0 Å². The van der Waals surface area contributed by atoms with Crippen LogP contribution in [-0.2, 0) is 0 Å². The smallest absolute Gasteiger partial charge is 0.192 e. The summed E-state index contributed by atoms with van der Waals surface area (Å²) in [7, 11) is 0. The van der Waals surface area contributed by atoms with E-state index in [2.05, 4.69) is 9.97 Å². The molecule has 19 heavy (non-hydrogen) atoms. The van der Waals surface area contributed by atoms with Crippen LogP contribution in [0.3, 0.4) is 0 Å². The quantitative estimate of drug-likeness (QED) is 0.869. The molecule has 1 N–H and O–H groups in total. The molecule has 1 heterocycles. The molecule has 4 heteroatoms. The molecule has 1 atom stereocenters. The number of aliphatic hydroxyl groups is 1. The van der Waals surface area contributed by atoms with Gasteiger partial charge >= 0.3 is 0 Å². The first kappa shape index (κ1) is 14.0. The molecule has 0 aliphatic heterocycles. The van der Waals surface area contributed by atoms with Crippen LogP contribution in [0.15, 0.2) is 34.3 Å². The highest BCUT2D eigenvalue weighted by Crippen LogP contribution is 2.31. The Morgan fingerprint density at radius 2 is 1.63 bits per heavy atom. The fourth-order valence-electron chi connectivity index (χ4n) is 1.80. The lowest BCUT2D eigenvalue weighted by Gasteiger charge is -2.11. The van der Waals surface area contributed by atoms with Crippen LogP contribution < -0.4 is 0 Å². The van der Waals surface area contributed by atoms with Crippen LogP contribution in [0, 0.1) is 20.8 Å². The van der Waals surface area contributed by atoms with Crippen molar-refractivity contribution in [1.82, 2.24) is 9.97 Å². The van der Waals surface area contributed by atoms with Gasteiger partial charge in [0, 0.05) is 16.3 Å². The van der Waals surface area contributed by atoms with Crippen LogP contribution >= 0.6 is 11.8 Å². The van der Waals surface area contributed by atoms with E-state index in [1.807, 2.05) is 45.0 Å². The maximum atomic E-state index is 9.78. The summed E-state index contributed by atoms with van der Waals surface area (Å²) in [4.78, 5) is 10.00. The zero-order valence-corrected chi connectivity index (χ0v) is 12.5. The number of aliphatic hydroxyl groups excluding tert-OH is 1. The van der Waals surface area contributed by atoms with Crippen molar-refractivity contribution in [3.63, 3.8) is 0 Å². The minimum Gasteiger partial charge on any atom is -0.389 e. The van der Waals surface area contributed by atoms with Crippen molar-refractivity contribution < 1.29 is 5.11 Å². The molecule has 1 aromatic carbocycles. The molecule has 2 aromatic rings. The van der Waals surface area contributed by atoms with Crippen molar-refractivity contribution in [3.05, 3.63) is 46.8 Å². The number of benzene rings is 1. The first-order valence-electron chi connectivity index (χ1n) is 6.25. The van der Waals surface area contributed by atoms with Gasteiger partial charge in [-0.05, 0) is 56.7 Å². The molecule has 0 saturated heterocycles. The summed E-state index contributed by atoms with van der Waals surface area (Å²) in [6, 6.07) is 7.81. The molecule has 0 aliphatic carbocycles. The number of nitrogens with zero attached hydrogens (tertiary/aromatic N) is 2. The van der Waals surface area contributed by atoms with E-state index in [0.717, 1.165) is 32.6 Å². The van der Waals surface area contributed by atoms with E-state index >= 15 is 0 Å². The number of aromatic nitrogens is 2. The van der Waals surface area contributed by atoms with E-state index in [1.54, 1.807) is 6.92 Å². The molecule has 1 aromatic heterocycles. The minimum absolute atomic E-state index is 0.489. The van der Waals surface area contributed by atoms with Gasteiger partial charge in [0.1, 0.15) is 0 Å². The predicted octanol–water partition coefficient (Wildman–Crippen LogP) is 3.61. The summed E-state index contributed by atoms with van der Waals surface area (Å²) in [6.07, 6.45) is -0.489. The second-order valence-corrected chi connectivity index (χ2v) is 5.63. The number of hydrogen-bond donors (Lipinski definition) is 1. The molecule has 100 valence electrons. The highest BCUT2D eigenvalue weighted by atomic mass is 32.2. The molecule has 0 saturated carbocycles. The van der Waals surface area contributed by atoms with Crippen LogP contribution in [0.25, 0.3) is 0 Å². The fourth-order valence-corrected chi connectivity index (χ4v) is 2.87. The van der Waals surface area contributed by atoms with Gasteiger partial charge in [-0.1, -0.05) is 18.2 Å². The first-order valence-corrected chi connectivity index (χ1v) is 7.07. The Morgan fingerprint density at radius 3 is 2.21 bits per heavy atom. The Bertz CT molecular complexity index is 573. The monoisotopic (exact) mass is 274 g/mol. The number of rotatable bonds is 3. The van der Waals surface area contributed by atoms with Crippen molar-refractivity contribution >= 4 is 11.8 Å². The average Bonchev–Trinajstić information content (AvgIpc) is 2.36. The lowest BCUT2D eigenvalue weighted by atomic mass is 10.1. The maximum absolute atomic E-state index is 9.78. The largest absolute Gasteiger partial charge is 0.389 e. The molecule has 0 amide bonds. The Labute approximate surface area is 118 Å². The molecule has 2 rings (SSSR count). The lowest BCUT2D eigenvalue weighted by Crippen LogP contribution is -1.99. The van der Waals surface area contributed by atoms with Crippen LogP contribution in [0.4, 0.5) is 0 Å². The third-order valence-corrected chi connectivity index (χ3v) is 4.14. The molecule has 0 unspecified atom stereocenters. The molecular formula is C15H18N2OS. The molecule has 0 aliphatic rings. The van der Waals surface area contributed by atoms with Gasteiger partial charge in [-0.2, -0.15) is 0 Å². The Balaban J connectivity index is 2.37. The highest BCUT2D eigenvalue weighted by molar-refractivity contribution is 7.99. The summed E-state index contributed by atoms with van der Waals surface area (Å²) >= 11 is 1.50. The summed E-state index contributed by atoms with van der Waals surface area (Å²) in [5.41, 5.74) is 4.05. The van der Waals surface area contributed by atoms with Gasteiger partial charge in [-0.3, -0.25) is 0 Å². The number of aryl methyl sites for hydroxylation is 2. The van der Waals surface area contributed by atoms with E-state index in [4.69, 9.17) is 0 Å². The summed E-state index contributed by atoms with van der Waals surface area (Å²) < 4.78 is 0. The van der Waals surface area contributed by atoms with Gasteiger partial charge in [-0.15, -0.1) is 0 Å². The fraction of sp³-hybridized carbons (Fsp3) is 0.333. The second kappa shape index (κ2) is 5.72. The van der Waals surface area contributed by atoms with E-state index < -0.39 is 6.10 Å². The normalized spacial score (nSPS) is 12.5. The van der Waals surface area contributed by atoms with Crippen molar-refractivity contribution in [2.24, 2.45) is 0 Å². The number of hydrogen-bond acceptors (Lipinski definition) is 4. The Hall–Kier alpha value is -1.39. The first-order chi connectivity index (χ1) is 8.99. The third-order valence-electron chi connectivity index (χ3n) is 3.18. The summed E-state index contributed by atoms with van der Waals surface area (Å²) in [6.45, 7) is 7.79. The van der Waals surface area contributed by atoms with Gasteiger partial charge in [0.25, 0.3) is 0 Å². The van der Waals surface area contributed by atoms with Gasteiger partial charge in [0.15, 0.2) is 5.16 Å². The SMILES string of the molecule is Cc1nc(Sc2ccccc2[C@@H](C)O)nc(C)c1C. The van der Waals surface area contributed by atoms with E-state index in [0.29, 0.717) is 0 Å². The van der Waals surface area contributed by atoms with E-state index in [-0.39, 0.29) is 0 Å². The van der Waals surface area contributed by atoms with E-state index in [9.17, 15) is 5.11 Å². The maximum Gasteiger partial charge on any atom is 0.192 e. The Morgan fingerprint density at radius 1 is 1.05 bits per heavy atom. The van der Waals surface area contributed by atoms with Crippen LogP contribution in [0.1, 0.15) is 35.5 Å². The van der Waals surface area contributed by atoms with Gasteiger partial charge in [0.2, 0.25) is 0 Å². The minimum atomic E-state index is -0.489. The van der Waals surface area contributed by atoms with Gasteiger partial charge in [-0.25, -0.2) is 9.97 Å². The standard InChI is InChI=1S/C15H18N2OS/c1-9-10(2)16-15(17-11(9)3)19-14-8-6-5-7-13(14)12(4)18/h5-8,12,18H,1-4H3/t12-/m1/s1. The summed E-state index contributed by atoms with van der Waals surface area (Å²) in [5.74, 6) is 0. The third kappa shape index (κ3) is 3.14. The molecule has 0 fully saturated rings. The Kier molecular flexibility index (Phi) is 4.22. The highest BCUT2D eigenvalue weighted by Gasteiger charge is 2.11. The molecule has 0 spiro atoms. The van der Waals surface area contributed by atoms with Crippen molar-refractivity contribution in [1.29, 1.82) is 0 Å². The summed E-state index contributed by atoms with van der Waals surface area (Å²) in [5, 5.41) is 10.5. The van der Waals surface area contributed by atoms with Crippen LogP contribution in [-0.4, -0.2) is 15.1 Å². The molecule has 0 bridgehead atoms. The molecule has 3 nitrogen and oxygen atoms in total. The second-order valence-electron chi connectivity index (χ2n) is 4.62. The lowest BCUT2D eigenvalue weighted by molar-refractivity contribution is 0.196. The molecular weight excluding hydrogens is 256 g/mol.